The van der Waals surface area contributed by atoms with Gasteiger partial charge in [0.25, 0.3) is 17.7 Å². The third-order valence-electron chi connectivity index (χ3n) is 10.6. The van der Waals surface area contributed by atoms with Crippen LogP contribution in [-0.4, -0.2) is 77.9 Å². The number of unbranched alkanes of at least 4 members (excludes halogenated alkanes) is 2. The first-order chi connectivity index (χ1) is 28.2. The second kappa shape index (κ2) is 17.8. The second-order valence-corrected chi connectivity index (χ2v) is 14.7. The maximum absolute atomic E-state index is 14.8. The largest absolute Gasteiger partial charge is 0.394 e. The van der Waals surface area contributed by atoms with Gasteiger partial charge in [0.15, 0.2) is 5.69 Å². The zero-order chi connectivity index (χ0) is 40.8. The van der Waals surface area contributed by atoms with Gasteiger partial charge < -0.3 is 20.2 Å². The topological polar surface area (TPSA) is 126 Å². The molecule has 0 spiro atoms. The molecule has 0 fully saturated rings. The first kappa shape index (κ1) is 39.8. The molecule has 2 N–H and O–H groups in total. The van der Waals surface area contributed by atoms with Crippen molar-refractivity contribution in [1.82, 2.24) is 29.4 Å². The van der Waals surface area contributed by atoms with Gasteiger partial charge in [-0.3, -0.25) is 14.4 Å². The van der Waals surface area contributed by atoms with Crippen LogP contribution in [0.5, 0.6) is 0 Å². The average Bonchev–Trinajstić information content (AvgIpc) is 3.88. The second-order valence-electron chi connectivity index (χ2n) is 14.7. The normalized spacial score (nSPS) is 13.6. The summed E-state index contributed by atoms with van der Waals surface area (Å²) >= 11 is 0. The number of carbonyl (C=O) groups is 3. The van der Waals surface area contributed by atoms with E-state index in [4.69, 9.17) is 10.2 Å². The Kier molecular flexibility index (Phi) is 12.2. The molecule has 12 heteroatoms. The lowest BCUT2D eigenvalue weighted by molar-refractivity contribution is 0.0544. The smallest absolute Gasteiger partial charge is 0.274 e. The number of carbonyl (C=O) groups excluding carboxylic acids is 3. The predicted octanol–water partition coefficient (Wildman–Crippen LogP) is 8.03. The van der Waals surface area contributed by atoms with Gasteiger partial charge in [0.1, 0.15) is 11.5 Å². The lowest BCUT2D eigenvalue weighted by atomic mass is 9.93. The fourth-order valence-electron chi connectivity index (χ4n) is 7.38. The highest BCUT2D eigenvalue weighted by Gasteiger charge is 2.32. The molecule has 4 aromatic carbocycles. The number of aliphatic hydroxyl groups is 1. The summed E-state index contributed by atoms with van der Waals surface area (Å²) in [5.74, 6) is -1.45. The van der Waals surface area contributed by atoms with Crippen LogP contribution in [0.3, 0.4) is 0 Å². The SMILES string of the molecule is CCCCN(CCCC)C(=O)c1cc(C)n(-c2ccc(NC(=O)c3cc(-c4ccccc4)nn3-c3ccc(F)cc3)cc2C(=O)N2Cc3ccccc3C[C@H]2CO)n1. The first-order valence-electron chi connectivity index (χ1n) is 19.9. The number of aryl methyl sites for hydroxylation is 1. The molecule has 58 heavy (non-hydrogen) atoms. The summed E-state index contributed by atoms with van der Waals surface area (Å²) in [6, 6.07) is 30.9. The van der Waals surface area contributed by atoms with Crippen molar-refractivity contribution in [3.8, 4) is 22.6 Å². The maximum atomic E-state index is 14.8. The molecule has 0 saturated carbocycles. The van der Waals surface area contributed by atoms with E-state index >= 15 is 0 Å². The Labute approximate surface area is 337 Å². The number of nitrogens with zero attached hydrogens (tertiary/aromatic N) is 6. The van der Waals surface area contributed by atoms with Crippen molar-refractivity contribution in [2.24, 2.45) is 0 Å². The van der Waals surface area contributed by atoms with Crippen molar-refractivity contribution in [1.29, 1.82) is 0 Å². The molecule has 298 valence electrons. The number of fused-ring (bicyclic) bond motifs is 1. The Hall–Kier alpha value is -6.40. The van der Waals surface area contributed by atoms with Crippen molar-refractivity contribution in [2.75, 3.05) is 25.0 Å². The minimum Gasteiger partial charge on any atom is -0.394 e. The zero-order valence-corrected chi connectivity index (χ0v) is 33.1. The van der Waals surface area contributed by atoms with Crippen molar-refractivity contribution in [3.63, 3.8) is 0 Å². The first-order valence-corrected chi connectivity index (χ1v) is 19.9. The van der Waals surface area contributed by atoms with Crippen molar-refractivity contribution < 1.29 is 23.9 Å². The molecular weight excluding hydrogens is 734 g/mol. The Balaban J connectivity index is 1.28. The molecule has 3 amide bonds. The minimum absolute atomic E-state index is 0.166. The Bertz CT molecular complexity index is 2400. The van der Waals surface area contributed by atoms with Gasteiger partial charge >= 0.3 is 0 Å². The number of hydrogen-bond donors (Lipinski definition) is 2. The number of nitrogens with one attached hydrogen (secondary N) is 1. The van der Waals surface area contributed by atoms with Crippen LogP contribution in [0.25, 0.3) is 22.6 Å². The molecule has 1 aliphatic heterocycles. The molecule has 1 atom stereocenters. The number of aromatic nitrogens is 4. The van der Waals surface area contributed by atoms with Crippen LogP contribution in [-0.2, 0) is 13.0 Å². The van der Waals surface area contributed by atoms with Crippen LogP contribution in [0.4, 0.5) is 10.1 Å². The highest BCUT2D eigenvalue weighted by Crippen LogP contribution is 2.30. The van der Waals surface area contributed by atoms with E-state index in [0.29, 0.717) is 48.0 Å². The summed E-state index contributed by atoms with van der Waals surface area (Å²) < 4.78 is 17.0. The highest BCUT2D eigenvalue weighted by molar-refractivity contribution is 6.06. The van der Waals surface area contributed by atoms with E-state index < -0.39 is 17.8 Å². The molecule has 3 heterocycles. The molecule has 0 radical (unpaired) electrons. The highest BCUT2D eigenvalue weighted by atomic mass is 19.1. The predicted molar refractivity (Wildman–Crippen MR) is 222 cm³/mol. The number of halogens is 1. The number of benzene rings is 4. The lowest BCUT2D eigenvalue weighted by Gasteiger charge is -2.36. The number of hydrogen-bond acceptors (Lipinski definition) is 6. The van der Waals surface area contributed by atoms with E-state index in [1.165, 1.54) is 16.8 Å². The van der Waals surface area contributed by atoms with Gasteiger partial charge in [-0.25, -0.2) is 13.8 Å². The summed E-state index contributed by atoms with van der Waals surface area (Å²) in [5, 5.41) is 23.0. The monoisotopic (exact) mass is 781 g/mol. The lowest BCUT2D eigenvalue weighted by Crippen LogP contribution is -2.46. The number of rotatable bonds is 14. The quantitative estimate of drug-likeness (QED) is 0.115. The summed E-state index contributed by atoms with van der Waals surface area (Å²) in [7, 11) is 0. The van der Waals surface area contributed by atoms with Gasteiger partial charge in [-0.15, -0.1) is 0 Å². The van der Waals surface area contributed by atoms with Crippen LogP contribution in [0, 0.1) is 12.7 Å². The van der Waals surface area contributed by atoms with Gasteiger partial charge in [0.05, 0.1) is 35.3 Å². The van der Waals surface area contributed by atoms with Crippen LogP contribution in [0.15, 0.2) is 109 Å². The van der Waals surface area contributed by atoms with E-state index in [1.807, 2.05) is 66.4 Å². The van der Waals surface area contributed by atoms with E-state index in [0.717, 1.165) is 42.4 Å². The zero-order valence-electron chi connectivity index (χ0n) is 33.1. The van der Waals surface area contributed by atoms with Crippen LogP contribution in [0.2, 0.25) is 0 Å². The molecule has 7 rings (SSSR count). The summed E-state index contributed by atoms with van der Waals surface area (Å²) in [4.78, 5) is 46.4. The fraction of sp³-hybridized carbons (Fsp3) is 0.283. The molecule has 0 saturated heterocycles. The molecule has 2 aromatic heterocycles. The molecule has 0 unspecified atom stereocenters. The standard InChI is InChI=1S/C46H48FN7O4/c1-4-6-23-51(24-7-5-2)46(58)41-25-31(3)53(50-41)42-22-19-36(27-39(42)45(57)52-29-34-16-12-11-15-33(34)26-38(52)30-55)48-44(56)43-28-40(32-13-9-8-10-14-32)49-54(43)37-20-17-35(47)18-21-37/h8-22,25,27-28,38,55H,4-7,23-24,26,29-30H2,1-3H3,(H,48,56)/t38-/m0/s1. The van der Waals surface area contributed by atoms with Gasteiger partial charge in [-0.1, -0.05) is 81.3 Å². The van der Waals surface area contributed by atoms with Crippen molar-refractivity contribution >= 4 is 23.4 Å². The van der Waals surface area contributed by atoms with E-state index in [9.17, 15) is 23.9 Å². The van der Waals surface area contributed by atoms with Gasteiger partial charge in [-0.05, 0) is 91.9 Å². The third kappa shape index (κ3) is 8.47. The molecule has 1 aliphatic rings. The van der Waals surface area contributed by atoms with E-state index in [2.05, 4.69) is 19.2 Å². The molecule has 0 aliphatic carbocycles. The molecule has 11 nitrogen and oxygen atoms in total. The number of aliphatic hydroxyl groups excluding tert-OH is 1. The van der Waals surface area contributed by atoms with E-state index in [1.54, 1.807) is 52.0 Å². The summed E-state index contributed by atoms with van der Waals surface area (Å²) in [6.07, 6.45) is 4.15. The Morgan fingerprint density at radius 3 is 2.21 bits per heavy atom. The van der Waals surface area contributed by atoms with Gasteiger partial charge in [0, 0.05) is 36.6 Å². The fourth-order valence-corrected chi connectivity index (χ4v) is 7.38. The van der Waals surface area contributed by atoms with E-state index in [-0.39, 0.29) is 41.9 Å². The van der Waals surface area contributed by atoms with Crippen LogP contribution >= 0.6 is 0 Å². The van der Waals surface area contributed by atoms with Crippen molar-refractivity contribution in [2.45, 2.75) is 65.5 Å². The maximum Gasteiger partial charge on any atom is 0.274 e. The van der Waals surface area contributed by atoms with Crippen LogP contribution in [0.1, 0.15) is 87.7 Å². The number of amides is 3. The minimum atomic E-state index is -0.507. The average molecular weight is 782 g/mol. The van der Waals surface area contributed by atoms with Gasteiger partial charge in [-0.2, -0.15) is 10.2 Å². The van der Waals surface area contributed by atoms with Crippen LogP contribution < -0.4 is 5.32 Å². The number of anilines is 1. The molecular formula is C46H48FN7O4. The molecule has 6 aromatic rings. The summed E-state index contributed by atoms with van der Waals surface area (Å²) in [5.41, 5.74) is 5.99. The Morgan fingerprint density at radius 2 is 1.52 bits per heavy atom. The summed E-state index contributed by atoms with van der Waals surface area (Å²) in [6.45, 7) is 7.32. The van der Waals surface area contributed by atoms with Gasteiger partial charge in [0.2, 0.25) is 0 Å². The third-order valence-corrected chi connectivity index (χ3v) is 10.6. The van der Waals surface area contributed by atoms with Crippen molar-refractivity contribution in [3.05, 3.63) is 149 Å². The Morgan fingerprint density at radius 1 is 0.828 bits per heavy atom. The molecule has 0 bridgehead atoms.